The summed E-state index contributed by atoms with van der Waals surface area (Å²) in [5.41, 5.74) is 0. The minimum absolute atomic E-state index is 0.833. The van der Waals surface area contributed by atoms with Crippen molar-refractivity contribution in [3.63, 3.8) is 0 Å². The molecule has 0 aromatic heterocycles. The summed E-state index contributed by atoms with van der Waals surface area (Å²) in [4.78, 5) is 0. The molecule has 0 amide bonds. The standard InChI is InChI=1S/C7H14.C6H12.C5H10.C4H8.5C4H10.C3H6/c1-2-4-6-7-5-3-1;1-2-4-6-5-3-1;1-2-4-5-3-1;1-2-4-3-1;5*1-4(2)3;1-2-3-1/h1-7H2;1-6H2;1-5H2;1-4H2;5*4H,1-3H3;1-3H2. The van der Waals surface area contributed by atoms with Crippen LogP contribution < -0.4 is 0 Å². The Bertz CT molecular complexity index is 308. The summed E-state index contributed by atoms with van der Waals surface area (Å²) in [5.74, 6) is 4.17. The van der Waals surface area contributed by atoms with Crippen molar-refractivity contribution < 1.29 is 0 Å². The van der Waals surface area contributed by atoms with Crippen LogP contribution in [0.25, 0.3) is 0 Å². The van der Waals surface area contributed by atoms with Gasteiger partial charge in [-0.2, -0.15) is 0 Å². The predicted octanol–water partition coefficient (Wildman–Crippen LogP) is 18.1. The molecule has 0 saturated heterocycles. The van der Waals surface area contributed by atoms with Gasteiger partial charge in [0.25, 0.3) is 0 Å². The van der Waals surface area contributed by atoms with Crippen LogP contribution in [0.1, 0.15) is 264 Å². The van der Waals surface area contributed by atoms with Crippen molar-refractivity contribution in [1.82, 2.24) is 0 Å². The predicted molar refractivity (Wildman–Crippen MR) is 218 cm³/mol. The zero-order valence-electron chi connectivity index (χ0n) is 35.6. The monoisotopic (exact) mass is 641 g/mol. The fourth-order valence-corrected chi connectivity index (χ4v) is 3.43. The smallest absolute Gasteiger partial charge is 0.0500 e. The van der Waals surface area contributed by atoms with Crippen LogP contribution in [0.3, 0.4) is 0 Å². The van der Waals surface area contributed by atoms with E-state index in [1.54, 1.807) is 0 Å². The van der Waals surface area contributed by atoms with Gasteiger partial charge in [-0.25, -0.2) is 0 Å². The first-order valence-electron chi connectivity index (χ1n) is 21.2. The molecule has 0 aromatic rings. The Morgan fingerprint density at radius 2 is 0.156 bits per heavy atom. The fourth-order valence-electron chi connectivity index (χ4n) is 3.43. The molecule has 0 heteroatoms. The Hall–Kier alpha value is 0. The van der Waals surface area contributed by atoms with Crippen molar-refractivity contribution in [1.29, 1.82) is 0 Å². The van der Waals surface area contributed by atoms with E-state index in [0.29, 0.717) is 0 Å². The molecule has 0 bridgehead atoms. The van der Waals surface area contributed by atoms with Crippen molar-refractivity contribution in [2.45, 2.75) is 264 Å². The third kappa shape index (κ3) is 147. The average molecular weight is 641 g/mol. The summed E-state index contributed by atoms with van der Waals surface area (Å²) in [6.45, 7) is 32.5. The van der Waals surface area contributed by atoms with Gasteiger partial charge >= 0.3 is 0 Å². The van der Waals surface area contributed by atoms with E-state index in [-0.39, 0.29) is 0 Å². The van der Waals surface area contributed by atoms with Crippen LogP contribution in [-0.2, 0) is 0 Å². The Kier molecular flexibility index (Phi) is 61.5. The molecule has 0 radical (unpaired) electrons. The maximum atomic E-state index is 2.17. The molecule has 5 saturated carbocycles. The minimum Gasteiger partial charge on any atom is -0.0630 e. The molecule has 0 atom stereocenters. The van der Waals surface area contributed by atoms with Crippen molar-refractivity contribution in [2.24, 2.45) is 29.6 Å². The van der Waals surface area contributed by atoms with E-state index in [2.05, 4.69) is 104 Å². The van der Waals surface area contributed by atoms with Crippen molar-refractivity contribution in [3.05, 3.63) is 0 Å². The highest BCUT2D eigenvalue weighted by Crippen LogP contribution is 2.17. The molecule has 5 aliphatic rings. The van der Waals surface area contributed by atoms with Crippen molar-refractivity contribution in [3.8, 4) is 0 Å². The van der Waals surface area contributed by atoms with Crippen LogP contribution in [0.5, 0.6) is 0 Å². The maximum absolute atomic E-state index is 2.17. The number of hydrogen-bond acceptors (Lipinski definition) is 0. The molecule has 0 nitrogen and oxygen atoms in total. The van der Waals surface area contributed by atoms with E-state index in [9.17, 15) is 0 Å². The van der Waals surface area contributed by atoms with E-state index in [1.807, 2.05) is 0 Å². The quantitative estimate of drug-likeness (QED) is 0.231. The first-order valence-corrected chi connectivity index (χ1v) is 21.2. The second kappa shape index (κ2) is 50.8. The van der Waals surface area contributed by atoms with E-state index >= 15 is 0 Å². The topological polar surface area (TPSA) is 0 Å². The van der Waals surface area contributed by atoms with E-state index < -0.39 is 0 Å². The van der Waals surface area contributed by atoms with Crippen molar-refractivity contribution >= 4 is 0 Å². The summed E-state index contributed by atoms with van der Waals surface area (Å²) >= 11 is 0. The van der Waals surface area contributed by atoms with Gasteiger partial charge in [-0.15, -0.1) is 0 Å². The van der Waals surface area contributed by atoms with Crippen LogP contribution >= 0.6 is 0 Å². The summed E-state index contributed by atoms with van der Waals surface area (Å²) < 4.78 is 0. The van der Waals surface area contributed by atoms with E-state index in [1.165, 1.54) is 161 Å². The molecule has 280 valence electrons. The van der Waals surface area contributed by atoms with Crippen LogP contribution in [0.15, 0.2) is 0 Å². The van der Waals surface area contributed by atoms with Gasteiger partial charge in [0.15, 0.2) is 0 Å². The Morgan fingerprint density at radius 3 is 0.178 bits per heavy atom. The van der Waals surface area contributed by atoms with Gasteiger partial charge in [0.05, 0.1) is 0 Å². The molecule has 45 heavy (non-hydrogen) atoms. The summed E-state index contributed by atoms with van der Waals surface area (Å²) in [7, 11) is 0. The normalized spacial score (nSPS) is 17.3. The van der Waals surface area contributed by atoms with E-state index in [0.717, 1.165) is 29.6 Å². The number of rotatable bonds is 0. The lowest BCUT2D eigenvalue weighted by Crippen LogP contribution is -1.85. The van der Waals surface area contributed by atoms with E-state index in [4.69, 9.17) is 0 Å². The molecule has 0 N–H and O–H groups in total. The lowest BCUT2D eigenvalue weighted by atomic mass is 10.0. The van der Waals surface area contributed by atoms with Gasteiger partial charge in [0, 0.05) is 0 Å². The molecule has 0 heterocycles. The van der Waals surface area contributed by atoms with Crippen LogP contribution in [-0.4, -0.2) is 0 Å². The van der Waals surface area contributed by atoms with Crippen LogP contribution in [0, 0.1) is 29.6 Å². The summed E-state index contributed by atoms with van der Waals surface area (Å²) in [5, 5.41) is 0. The highest BCUT2D eigenvalue weighted by Gasteiger charge is 1.97. The van der Waals surface area contributed by atoms with Gasteiger partial charge in [0.1, 0.15) is 0 Å². The molecule has 5 rings (SSSR count). The maximum Gasteiger partial charge on any atom is -0.0500 e. The Balaban J connectivity index is -0.000000133. The molecule has 0 spiro atoms. The largest absolute Gasteiger partial charge is 0.0630 e. The molecule has 5 fully saturated rings. The van der Waals surface area contributed by atoms with Gasteiger partial charge in [-0.1, -0.05) is 264 Å². The lowest BCUT2D eigenvalue weighted by molar-refractivity contribution is 0.504. The van der Waals surface area contributed by atoms with Crippen LogP contribution in [0.4, 0.5) is 0 Å². The van der Waals surface area contributed by atoms with Gasteiger partial charge in [-0.05, 0) is 29.6 Å². The molecule has 5 aliphatic carbocycles. The molecule has 0 aromatic carbocycles. The lowest BCUT2D eigenvalue weighted by Gasteiger charge is -2.05. The second-order valence-corrected chi connectivity index (χ2v) is 17.5. The summed E-state index contributed by atoms with van der Waals surface area (Å²) in [6.07, 6.45) is 37.5. The van der Waals surface area contributed by atoms with Gasteiger partial charge < -0.3 is 0 Å². The molecular formula is C45H100. The highest BCUT2D eigenvalue weighted by atomic mass is 14.0. The first kappa shape index (κ1) is 54.5. The molecule has 0 unspecified atom stereocenters. The zero-order valence-corrected chi connectivity index (χ0v) is 35.6. The van der Waals surface area contributed by atoms with Crippen LogP contribution in [0.2, 0.25) is 0 Å². The zero-order chi connectivity index (χ0) is 35.6. The fraction of sp³-hybridized carbons (Fsp3) is 1.00. The third-order valence-electron chi connectivity index (χ3n) is 5.85. The highest BCUT2D eigenvalue weighted by molar-refractivity contribution is 4.53. The average Bonchev–Trinajstić information content (AvgIpc) is 3.70. The van der Waals surface area contributed by atoms with Gasteiger partial charge in [0.2, 0.25) is 0 Å². The molecule has 0 aliphatic heterocycles. The second-order valence-electron chi connectivity index (χ2n) is 17.5. The van der Waals surface area contributed by atoms with Gasteiger partial charge in [-0.3, -0.25) is 0 Å². The Morgan fingerprint density at radius 1 is 0.133 bits per heavy atom. The first-order chi connectivity index (χ1) is 21.2. The number of hydrogen-bond donors (Lipinski definition) is 0. The van der Waals surface area contributed by atoms with Crippen molar-refractivity contribution in [2.75, 3.05) is 0 Å². The molecular weight excluding hydrogens is 540 g/mol. The summed E-state index contributed by atoms with van der Waals surface area (Å²) in [6, 6.07) is 0. The third-order valence-corrected chi connectivity index (χ3v) is 5.85. The Labute approximate surface area is 293 Å². The SMILES string of the molecule is C1CC1.C1CCC1.C1CCCC1.C1CCCCC1.C1CCCCCC1.CC(C)C.CC(C)C.CC(C)C.CC(C)C.CC(C)C. The minimum atomic E-state index is 0.833.